The number of hydrogen-bond acceptors (Lipinski definition) is 4. The molecule has 5 nitrogen and oxygen atoms in total. The van der Waals surface area contributed by atoms with Gasteiger partial charge in [-0.2, -0.15) is 0 Å². The van der Waals surface area contributed by atoms with Gasteiger partial charge < -0.3 is 19.9 Å². The van der Waals surface area contributed by atoms with Gasteiger partial charge in [0.15, 0.2) is 0 Å². The number of carbonyl (C=O) groups excluding carboxylic acids is 1. The first-order chi connectivity index (χ1) is 14.2. The second kappa shape index (κ2) is 11.2. The van der Waals surface area contributed by atoms with Crippen molar-refractivity contribution < 1.29 is 9.53 Å². The largest absolute Gasteiger partial charge is 0.488 e. The molecule has 0 bridgehead atoms. The van der Waals surface area contributed by atoms with Crippen molar-refractivity contribution in [2.45, 2.75) is 20.0 Å². The van der Waals surface area contributed by atoms with Crippen LogP contribution in [-0.2, 0) is 6.61 Å². The molecule has 1 saturated heterocycles. The van der Waals surface area contributed by atoms with Gasteiger partial charge in [0.2, 0.25) is 0 Å². The van der Waals surface area contributed by atoms with E-state index in [1.807, 2.05) is 42.5 Å². The van der Waals surface area contributed by atoms with Gasteiger partial charge in [0.25, 0.3) is 5.91 Å². The highest BCUT2D eigenvalue weighted by Gasteiger charge is 2.15. The van der Waals surface area contributed by atoms with Gasteiger partial charge in [-0.15, -0.1) is 0 Å². The molecule has 156 valence electrons. The third-order valence-corrected chi connectivity index (χ3v) is 5.54. The minimum absolute atomic E-state index is 0.0903. The Balaban J connectivity index is 1.44. The molecule has 0 atom stereocenters. The molecule has 1 fully saturated rings. The van der Waals surface area contributed by atoms with Crippen LogP contribution in [0, 0.1) is 0 Å². The van der Waals surface area contributed by atoms with Gasteiger partial charge in [0, 0.05) is 37.7 Å². The molecule has 0 unspecified atom stereocenters. The van der Waals surface area contributed by atoms with Crippen LogP contribution in [0.25, 0.3) is 0 Å². The number of ether oxygens (including phenoxy) is 1. The summed E-state index contributed by atoms with van der Waals surface area (Å²) in [5, 5.41) is 3.73. The second-order valence-corrected chi connectivity index (χ2v) is 7.73. The van der Waals surface area contributed by atoms with Crippen molar-refractivity contribution in [3.63, 3.8) is 0 Å². The first kappa shape index (κ1) is 21.6. The van der Waals surface area contributed by atoms with Crippen LogP contribution in [0.5, 0.6) is 5.75 Å². The maximum absolute atomic E-state index is 12.6. The van der Waals surface area contributed by atoms with Gasteiger partial charge in [-0.3, -0.25) is 4.79 Å². The van der Waals surface area contributed by atoms with Gasteiger partial charge >= 0.3 is 0 Å². The van der Waals surface area contributed by atoms with Crippen molar-refractivity contribution in [2.75, 3.05) is 45.8 Å². The molecule has 3 rings (SSSR count). The summed E-state index contributed by atoms with van der Waals surface area (Å²) < 4.78 is 5.89. The van der Waals surface area contributed by atoms with E-state index in [4.69, 9.17) is 16.3 Å². The smallest absolute Gasteiger partial charge is 0.255 e. The van der Waals surface area contributed by atoms with Crippen molar-refractivity contribution >= 4 is 17.5 Å². The fraction of sp³-hybridized carbons (Fsp3) is 0.435. The van der Waals surface area contributed by atoms with Crippen LogP contribution in [0.3, 0.4) is 0 Å². The molecule has 0 aromatic heterocycles. The van der Waals surface area contributed by atoms with Crippen LogP contribution in [0.1, 0.15) is 29.3 Å². The average molecular weight is 416 g/mol. The predicted molar refractivity (Wildman–Crippen MR) is 118 cm³/mol. The number of likely N-dealkylation sites (N-methyl/N-ethyl adjacent to an activating group) is 1. The van der Waals surface area contributed by atoms with Gasteiger partial charge in [-0.05, 0) is 49.3 Å². The predicted octanol–water partition coefficient (Wildman–Crippen LogP) is 3.68. The molecule has 0 saturated carbocycles. The Morgan fingerprint density at radius 1 is 1.03 bits per heavy atom. The van der Waals surface area contributed by atoms with Gasteiger partial charge in [0.05, 0.1) is 5.56 Å². The summed E-state index contributed by atoms with van der Waals surface area (Å²) in [5.74, 6) is 0.503. The summed E-state index contributed by atoms with van der Waals surface area (Å²) in [5.41, 5.74) is 1.57. The molecular weight excluding hydrogens is 386 g/mol. The number of amides is 1. The van der Waals surface area contributed by atoms with Crippen LogP contribution in [0.15, 0.2) is 48.5 Å². The number of carbonyl (C=O) groups is 1. The Morgan fingerprint density at radius 3 is 2.45 bits per heavy atom. The number of para-hydroxylation sites is 1. The molecule has 6 heteroatoms. The lowest BCUT2D eigenvalue weighted by molar-refractivity contribution is 0.0943. The Morgan fingerprint density at radius 2 is 1.72 bits per heavy atom. The lowest BCUT2D eigenvalue weighted by atomic mass is 10.2. The van der Waals surface area contributed by atoms with E-state index < -0.39 is 0 Å². The summed E-state index contributed by atoms with van der Waals surface area (Å²) >= 11 is 5.92. The Hall–Kier alpha value is -2.08. The van der Waals surface area contributed by atoms with Crippen molar-refractivity contribution in [3.8, 4) is 5.75 Å². The number of benzene rings is 2. The molecule has 29 heavy (non-hydrogen) atoms. The summed E-state index contributed by atoms with van der Waals surface area (Å²) in [7, 11) is 0. The van der Waals surface area contributed by atoms with Crippen LogP contribution in [-0.4, -0.2) is 61.5 Å². The molecular formula is C23H30ClN3O2. The molecule has 1 aliphatic rings. The minimum Gasteiger partial charge on any atom is -0.488 e. The average Bonchev–Trinajstić information content (AvgIpc) is 2.77. The molecule has 2 aromatic rings. The number of piperazine rings is 1. The molecule has 2 aromatic carbocycles. The van der Waals surface area contributed by atoms with Crippen LogP contribution in [0.4, 0.5) is 0 Å². The van der Waals surface area contributed by atoms with E-state index in [-0.39, 0.29) is 5.91 Å². The minimum atomic E-state index is -0.0903. The highest BCUT2D eigenvalue weighted by Crippen LogP contribution is 2.20. The van der Waals surface area contributed by atoms with E-state index in [0.717, 1.165) is 51.3 Å². The highest BCUT2D eigenvalue weighted by atomic mass is 35.5. The highest BCUT2D eigenvalue weighted by molar-refractivity contribution is 6.30. The maximum Gasteiger partial charge on any atom is 0.255 e. The van der Waals surface area contributed by atoms with Crippen LogP contribution >= 0.6 is 11.6 Å². The summed E-state index contributed by atoms with van der Waals surface area (Å²) in [6, 6.07) is 14.9. The lowest BCUT2D eigenvalue weighted by Gasteiger charge is -2.33. The number of halogens is 1. The third kappa shape index (κ3) is 6.74. The zero-order chi connectivity index (χ0) is 20.5. The normalized spacial score (nSPS) is 15.2. The number of nitrogens with one attached hydrogen (secondary N) is 1. The number of hydrogen-bond donors (Lipinski definition) is 1. The first-order valence-corrected chi connectivity index (χ1v) is 10.7. The lowest BCUT2D eigenvalue weighted by Crippen LogP contribution is -2.46. The van der Waals surface area contributed by atoms with E-state index in [0.29, 0.717) is 29.5 Å². The zero-order valence-electron chi connectivity index (χ0n) is 17.1. The van der Waals surface area contributed by atoms with Crippen LogP contribution in [0.2, 0.25) is 5.02 Å². The molecule has 0 radical (unpaired) electrons. The van der Waals surface area contributed by atoms with E-state index >= 15 is 0 Å². The quantitative estimate of drug-likeness (QED) is 0.634. The molecule has 1 N–H and O–H groups in total. The summed E-state index contributed by atoms with van der Waals surface area (Å²) in [6.45, 7) is 9.93. The topological polar surface area (TPSA) is 44.8 Å². The van der Waals surface area contributed by atoms with Gasteiger partial charge in [0.1, 0.15) is 12.4 Å². The van der Waals surface area contributed by atoms with Crippen molar-refractivity contribution in [1.29, 1.82) is 0 Å². The molecule has 0 aliphatic carbocycles. The summed E-state index contributed by atoms with van der Waals surface area (Å²) in [6.07, 6.45) is 0.950. The third-order valence-electron chi connectivity index (χ3n) is 5.29. The van der Waals surface area contributed by atoms with Crippen molar-refractivity contribution in [1.82, 2.24) is 15.1 Å². The maximum atomic E-state index is 12.6. The zero-order valence-corrected chi connectivity index (χ0v) is 17.8. The fourth-order valence-electron chi connectivity index (χ4n) is 3.45. The number of rotatable bonds is 9. The van der Waals surface area contributed by atoms with Crippen molar-refractivity contribution in [3.05, 3.63) is 64.7 Å². The Labute approximate surface area is 178 Å². The van der Waals surface area contributed by atoms with E-state index in [2.05, 4.69) is 22.0 Å². The Bertz CT molecular complexity index is 774. The van der Waals surface area contributed by atoms with E-state index in [1.165, 1.54) is 0 Å². The monoisotopic (exact) mass is 415 g/mol. The van der Waals surface area contributed by atoms with Crippen molar-refractivity contribution in [2.24, 2.45) is 0 Å². The van der Waals surface area contributed by atoms with Crippen LogP contribution < -0.4 is 10.1 Å². The number of nitrogens with zero attached hydrogens (tertiary/aromatic N) is 2. The second-order valence-electron chi connectivity index (χ2n) is 7.30. The van der Waals surface area contributed by atoms with Gasteiger partial charge in [-0.25, -0.2) is 0 Å². The van der Waals surface area contributed by atoms with E-state index in [9.17, 15) is 4.79 Å². The SMILES string of the molecule is CCN1CCN(CCCNC(=O)c2ccccc2OCc2ccc(Cl)cc2)CC1. The Kier molecular flexibility index (Phi) is 8.35. The molecule has 1 heterocycles. The fourth-order valence-corrected chi connectivity index (χ4v) is 3.58. The molecule has 1 amide bonds. The molecule has 1 aliphatic heterocycles. The van der Waals surface area contributed by atoms with E-state index in [1.54, 1.807) is 6.07 Å². The standard InChI is InChI=1S/C23H30ClN3O2/c1-2-26-14-16-27(17-15-26)13-5-12-25-23(28)21-6-3-4-7-22(21)29-18-19-8-10-20(24)11-9-19/h3-4,6-11H,2,5,12-18H2,1H3,(H,25,28). The summed E-state index contributed by atoms with van der Waals surface area (Å²) in [4.78, 5) is 17.6. The first-order valence-electron chi connectivity index (χ1n) is 10.3. The van der Waals surface area contributed by atoms with Gasteiger partial charge in [-0.1, -0.05) is 42.8 Å². The molecule has 0 spiro atoms.